The molecule has 1 aromatic rings. The highest BCUT2D eigenvalue weighted by molar-refractivity contribution is 5.91. The van der Waals surface area contributed by atoms with Gasteiger partial charge in [0.2, 0.25) is 5.91 Å². The molecule has 1 amide bonds. The Balaban J connectivity index is 2.37. The summed E-state index contributed by atoms with van der Waals surface area (Å²) in [6.45, 7) is 3.54. The van der Waals surface area contributed by atoms with Crippen LogP contribution in [0, 0.1) is 0 Å². The zero-order valence-electron chi connectivity index (χ0n) is 6.71. The van der Waals surface area contributed by atoms with Gasteiger partial charge in [0.15, 0.2) is 0 Å². The van der Waals surface area contributed by atoms with Gasteiger partial charge >= 0.3 is 0 Å². The lowest BCUT2D eigenvalue weighted by Gasteiger charge is -1.97. The highest BCUT2D eigenvalue weighted by atomic mass is 16.1. The Morgan fingerprint density at radius 3 is 3.00 bits per heavy atom. The summed E-state index contributed by atoms with van der Waals surface area (Å²) in [7, 11) is 0. The number of rotatable bonds is 4. The van der Waals surface area contributed by atoms with Crippen molar-refractivity contribution in [1.29, 1.82) is 0 Å². The SMILES string of the molecule is C=C(CCc1cnc[nH]1)C(N)=O. The molecule has 0 saturated carbocycles. The molecule has 0 unspecified atom stereocenters. The molecule has 1 rings (SSSR count). The second-order valence-corrected chi connectivity index (χ2v) is 2.54. The first kappa shape index (κ1) is 8.52. The van der Waals surface area contributed by atoms with E-state index in [0.717, 1.165) is 12.1 Å². The molecule has 0 spiro atoms. The van der Waals surface area contributed by atoms with Crippen LogP contribution in [0.3, 0.4) is 0 Å². The normalized spacial score (nSPS) is 9.67. The molecule has 0 saturated heterocycles. The second-order valence-electron chi connectivity index (χ2n) is 2.54. The molecule has 0 aromatic carbocycles. The third-order valence-electron chi connectivity index (χ3n) is 1.60. The number of primary amides is 1. The lowest BCUT2D eigenvalue weighted by molar-refractivity contribution is -0.114. The number of nitrogens with zero attached hydrogens (tertiary/aromatic N) is 1. The van der Waals surface area contributed by atoms with Gasteiger partial charge in [0.25, 0.3) is 0 Å². The number of aromatic amines is 1. The summed E-state index contributed by atoms with van der Waals surface area (Å²) in [5.74, 6) is -0.436. The molecule has 0 fully saturated rings. The van der Waals surface area contributed by atoms with E-state index < -0.39 is 5.91 Å². The molecule has 1 heterocycles. The lowest BCUT2D eigenvalue weighted by Crippen LogP contribution is -2.13. The average molecular weight is 165 g/mol. The van der Waals surface area contributed by atoms with Crippen LogP contribution >= 0.6 is 0 Å². The maximum atomic E-state index is 10.6. The summed E-state index contributed by atoms with van der Waals surface area (Å²) in [5, 5.41) is 0. The Hall–Kier alpha value is -1.58. The molecule has 0 radical (unpaired) electrons. The monoisotopic (exact) mass is 165 g/mol. The third-order valence-corrected chi connectivity index (χ3v) is 1.60. The highest BCUT2D eigenvalue weighted by Gasteiger charge is 2.01. The predicted molar refractivity (Wildman–Crippen MR) is 45.2 cm³/mol. The van der Waals surface area contributed by atoms with E-state index in [1.165, 1.54) is 0 Å². The van der Waals surface area contributed by atoms with Crippen molar-refractivity contribution in [3.63, 3.8) is 0 Å². The van der Waals surface area contributed by atoms with Crippen LogP contribution in [0.25, 0.3) is 0 Å². The van der Waals surface area contributed by atoms with Crippen LogP contribution in [0.15, 0.2) is 24.7 Å². The standard InChI is InChI=1S/C8H11N3O/c1-6(8(9)12)2-3-7-4-10-5-11-7/h4-5H,1-3H2,(H2,9,12)(H,10,11). The lowest BCUT2D eigenvalue weighted by atomic mass is 10.1. The number of amides is 1. The number of hydrogen-bond acceptors (Lipinski definition) is 2. The molecule has 64 valence electrons. The molecule has 4 heteroatoms. The summed E-state index contributed by atoms with van der Waals surface area (Å²) in [6, 6.07) is 0. The minimum Gasteiger partial charge on any atom is -0.366 e. The molecule has 4 nitrogen and oxygen atoms in total. The van der Waals surface area contributed by atoms with Gasteiger partial charge in [0.05, 0.1) is 6.33 Å². The molecular formula is C8H11N3O. The fourth-order valence-electron chi connectivity index (χ4n) is 0.830. The largest absolute Gasteiger partial charge is 0.366 e. The third kappa shape index (κ3) is 2.23. The van der Waals surface area contributed by atoms with Gasteiger partial charge in [-0.25, -0.2) is 4.98 Å². The first-order chi connectivity index (χ1) is 5.70. The fraction of sp³-hybridized carbons (Fsp3) is 0.250. The Morgan fingerprint density at radius 2 is 2.50 bits per heavy atom. The highest BCUT2D eigenvalue weighted by Crippen LogP contribution is 2.03. The first-order valence-electron chi connectivity index (χ1n) is 3.65. The van der Waals surface area contributed by atoms with Crippen LogP contribution in [0.1, 0.15) is 12.1 Å². The van der Waals surface area contributed by atoms with Crippen molar-refractivity contribution < 1.29 is 4.79 Å². The van der Waals surface area contributed by atoms with E-state index in [0.29, 0.717) is 12.0 Å². The molecule has 0 atom stereocenters. The summed E-state index contributed by atoms with van der Waals surface area (Å²) < 4.78 is 0. The van der Waals surface area contributed by atoms with Crippen LogP contribution in [0.4, 0.5) is 0 Å². The molecule has 0 aliphatic carbocycles. The summed E-state index contributed by atoms with van der Waals surface area (Å²) in [6.07, 6.45) is 4.62. The van der Waals surface area contributed by atoms with E-state index in [1.807, 2.05) is 0 Å². The van der Waals surface area contributed by atoms with E-state index in [1.54, 1.807) is 12.5 Å². The molecule has 0 bridgehead atoms. The number of aromatic nitrogens is 2. The fourth-order valence-corrected chi connectivity index (χ4v) is 0.830. The smallest absolute Gasteiger partial charge is 0.244 e. The zero-order valence-corrected chi connectivity index (χ0v) is 6.71. The topological polar surface area (TPSA) is 71.8 Å². The van der Waals surface area contributed by atoms with E-state index in [-0.39, 0.29) is 0 Å². The first-order valence-corrected chi connectivity index (χ1v) is 3.65. The van der Waals surface area contributed by atoms with Gasteiger partial charge in [-0.2, -0.15) is 0 Å². The minimum atomic E-state index is -0.436. The summed E-state index contributed by atoms with van der Waals surface area (Å²) >= 11 is 0. The van der Waals surface area contributed by atoms with Gasteiger partial charge in [-0.05, 0) is 12.8 Å². The summed E-state index contributed by atoms with van der Waals surface area (Å²) in [5.41, 5.74) is 6.44. The maximum absolute atomic E-state index is 10.6. The van der Waals surface area contributed by atoms with Crippen molar-refractivity contribution in [3.8, 4) is 0 Å². The average Bonchev–Trinajstić information content (AvgIpc) is 2.51. The van der Waals surface area contributed by atoms with Crippen LogP contribution in [-0.2, 0) is 11.2 Å². The van der Waals surface area contributed by atoms with Gasteiger partial charge < -0.3 is 10.7 Å². The molecule has 1 aromatic heterocycles. The number of aryl methyl sites for hydroxylation is 1. The number of hydrogen-bond donors (Lipinski definition) is 2. The van der Waals surface area contributed by atoms with Gasteiger partial charge in [-0.15, -0.1) is 0 Å². The molecule has 12 heavy (non-hydrogen) atoms. The van der Waals surface area contributed by atoms with Gasteiger partial charge in [0, 0.05) is 17.5 Å². The van der Waals surface area contributed by atoms with Gasteiger partial charge in [-0.1, -0.05) is 6.58 Å². The van der Waals surface area contributed by atoms with Crippen molar-refractivity contribution in [3.05, 3.63) is 30.4 Å². The molecular weight excluding hydrogens is 154 g/mol. The number of imidazole rings is 1. The van der Waals surface area contributed by atoms with E-state index >= 15 is 0 Å². The van der Waals surface area contributed by atoms with Crippen molar-refractivity contribution in [2.24, 2.45) is 5.73 Å². The maximum Gasteiger partial charge on any atom is 0.244 e. The van der Waals surface area contributed by atoms with Crippen molar-refractivity contribution in [2.45, 2.75) is 12.8 Å². The van der Waals surface area contributed by atoms with E-state index in [9.17, 15) is 4.79 Å². The van der Waals surface area contributed by atoms with Crippen molar-refractivity contribution in [1.82, 2.24) is 9.97 Å². The quantitative estimate of drug-likeness (QED) is 0.633. The zero-order chi connectivity index (χ0) is 8.97. The van der Waals surface area contributed by atoms with Crippen molar-refractivity contribution in [2.75, 3.05) is 0 Å². The molecule has 3 N–H and O–H groups in total. The molecule has 0 aliphatic heterocycles. The van der Waals surface area contributed by atoms with E-state index in [4.69, 9.17) is 5.73 Å². The number of carbonyl (C=O) groups excluding carboxylic acids is 1. The number of nitrogens with two attached hydrogens (primary N) is 1. The number of carbonyl (C=O) groups is 1. The van der Waals surface area contributed by atoms with Crippen LogP contribution in [-0.4, -0.2) is 15.9 Å². The Labute approximate surface area is 70.5 Å². The Bertz CT molecular complexity index is 277. The van der Waals surface area contributed by atoms with Gasteiger partial charge in [0.1, 0.15) is 0 Å². The van der Waals surface area contributed by atoms with Crippen LogP contribution in [0.5, 0.6) is 0 Å². The van der Waals surface area contributed by atoms with Crippen LogP contribution < -0.4 is 5.73 Å². The van der Waals surface area contributed by atoms with E-state index in [2.05, 4.69) is 16.5 Å². The Kier molecular flexibility index (Phi) is 2.63. The number of nitrogens with one attached hydrogen (secondary N) is 1. The molecule has 0 aliphatic rings. The predicted octanol–water partition coefficient (Wildman–Crippen LogP) is 0.384. The van der Waals surface area contributed by atoms with Crippen molar-refractivity contribution >= 4 is 5.91 Å². The van der Waals surface area contributed by atoms with Gasteiger partial charge in [-0.3, -0.25) is 4.79 Å². The van der Waals surface area contributed by atoms with Crippen LogP contribution in [0.2, 0.25) is 0 Å². The second kappa shape index (κ2) is 3.71. The Morgan fingerprint density at radius 1 is 1.75 bits per heavy atom. The number of H-pyrrole nitrogens is 1. The minimum absolute atomic E-state index is 0.436. The summed E-state index contributed by atoms with van der Waals surface area (Å²) in [4.78, 5) is 17.3.